The molecule has 1 aromatic heterocycles. The number of alkyl halides is 3. The number of allylic oxidation sites excluding steroid dienone is 1. The second kappa shape index (κ2) is 10.9. The Morgan fingerprint density at radius 3 is 2.63 bits per heavy atom. The van der Waals surface area contributed by atoms with E-state index >= 15 is 0 Å². The normalized spacial score (nSPS) is 23.8. The number of nitrogens with two attached hydrogens (primary N) is 1. The number of likely N-dealkylation sites (tertiary alicyclic amines) is 1. The van der Waals surface area contributed by atoms with Gasteiger partial charge in [0.1, 0.15) is 17.7 Å². The Hall–Kier alpha value is -4.40. The van der Waals surface area contributed by atoms with E-state index in [-0.39, 0.29) is 40.6 Å². The van der Waals surface area contributed by atoms with E-state index in [1.54, 1.807) is 35.6 Å². The number of carbonyl (C=O) groups excluding carboxylic acids is 2. The molecule has 1 aromatic carbocycles. The molecule has 0 saturated carbocycles. The summed E-state index contributed by atoms with van der Waals surface area (Å²) in [7, 11) is 1.54. The van der Waals surface area contributed by atoms with Crippen LogP contribution in [0.5, 0.6) is 0 Å². The topological polar surface area (TPSA) is 145 Å². The van der Waals surface area contributed by atoms with Gasteiger partial charge in [-0.3, -0.25) is 9.79 Å². The van der Waals surface area contributed by atoms with Crippen LogP contribution >= 0.6 is 0 Å². The van der Waals surface area contributed by atoms with E-state index in [0.29, 0.717) is 42.2 Å². The maximum atomic E-state index is 13.0. The Kier molecular flexibility index (Phi) is 7.46. The molecule has 0 radical (unpaired) electrons. The highest BCUT2D eigenvalue weighted by atomic mass is 19.4. The molecule has 4 heterocycles. The first-order valence-electron chi connectivity index (χ1n) is 12.8. The number of anilines is 1. The van der Waals surface area contributed by atoms with Gasteiger partial charge >= 0.3 is 12.2 Å². The summed E-state index contributed by atoms with van der Waals surface area (Å²) in [4.78, 5) is 39.8. The maximum absolute atomic E-state index is 13.0. The van der Waals surface area contributed by atoms with Crippen molar-refractivity contribution in [3.8, 4) is 0 Å². The molecule has 3 aliphatic rings. The molecule has 3 amide bonds. The van der Waals surface area contributed by atoms with E-state index in [1.165, 1.54) is 19.2 Å². The van der Waals surface area contributed by atoms with Gasteiger partial charge < -0.3 is 20.6 Å². The van der Waals surface area contributed by atoms with Crippen LogP contribution in [0.2, 0.25) is 0 Å². The zero-order valence-electron chi connectivity index (χ0n) is 22.0. The standard InChI is InChI=1S/C27H27F3N8O3/c1-32-26(41)37-14-18(6-7-20(37)15-39)23-21-13-33-10-11-38(21,31)24(36-23)16-2-4-17(5-3-16)25(40)35-22-12-19(8-9-34-22)27(28,29)30/h2-5,8-13,18,20,39H,6-7,14-15,31H2,1H3,(H-,32,34,35,40,41)/p+1/t18-,20+,38?/m1/s1. The van der Waals surface area contributed by atoms with E-state index in [2.05, 4.69) is 20.6 Å². The number of carbonyl (C=O) groups is 2. The number of urea groups is 1. The third-order valence-corrected chi connectivity index (χ3v) is 7.34. The van der Waals surface area contributed by atoms with Crippen molar-refractivity contribution in [3.63, 3.8) is 0 Å². The van der Waals surface area contributed by atoms with Crippen LogP contribution in [0.25, 0.3) is 0 Å². The molecule has 0 aliphatic carbocycles. The van der Waals surface area contributed by atoms with Crippen LogP contribution in [-0.4, -0.2) is 69.8 Å². The number of hydrogen-bond acceptors (Lipinski definition) is 7. The van der Waals surface area contributed by atoms with Crippen LogP contribution in [0.4, 0.5) is 23.8 Å². The van der Waals surface area contributed by atoms with E-state index in [1.807, 2.05) is 0 Å². The number of benzene rings is 1. The minimum atomic E-state index is -4.56. The Labute approximate surface area is 233 Å². The van der Waals surface area contributed by atoms with Crippen molar-refractivity contribution in [1.29, 1.82) is 0 Å². The number of hydrogen-bond donors (Lipinski definition) is 4. The van der Waals surface area contributed by atoms with Gasteiger partial charge in [-0.15, -0.1) is 4.59 Å². The Morgan fingerprint density at radius 2 is 1.95 bits per heavy atom. The molecule has 214 valence electrons. The summed E-state index contributed by atoms with van der Waals surface area (Å²) >= 11 is 0. The first kappa shape index (κ1) is 28.1. The van der Waals surface area contributed by atoms with Crippen molar-refractivity contribution in [3.05, 3.63) is 83.1 Å². The van der Waals surface area contributed by atoms with Crippen LogP contribution in [-0.2, 0) is 6.18 Å². The van der Waals surface area contributed by atoms with Gasteiger partial charge in [-0.1, -0.05) is 0 Å². The molecule has 1 unspecified atom stereocenters. The molecular formula is C27H28F3N8O3+. The van der Waals surface area contributed by atoms with Crippen molar-refractivity contribution in [1.82, 2.24) is 15.2 Å². The number of piperidine rings is 1. The predicted octanol–water partition coefficient (Wildman–Crippen LogP) is 2.98. The minimum absolute atomic E-state index is 0.147. The van der Waals surface area contributed by atoms with Crippen molar-refractivity contribution in [2.24, 2.45) is 21.7 Å². The number of aliphatic imine (C=N–C) groups is 2. The van der Waals surface area contributed by atoms with Gasteiger partial charge in [0.2, 0.25) is 5.70 Å². The van der Waals surface area contributed by atoms with Gasteiger partial charge in [-0.25, -0.2) is 9.78 Å². The average Bonchev–Trinajstić information content (AvgIpc) is 3.29. The molecule has 41 heavy (non-hydrogen) atoms. The van der Waals surface area contributed by atoms with Crippen LogP contribution in [0.1, 0.15) is 34.3 Å². The molecule has 1 saturated heterocycles. The fourth-order valence-corrected chi connectivity index (χ4v) is 5.17. The highest BCUT2D eigenvalue weighted by Gasteiger charge is 2.47. The Balaban J connectivity index is 1.39. The molecular weight excluding hydrogens is 541 g/mol. The number of amides is 3. The molecule has 11 nitrogen and oxygen atoms in total. The van der Waals surface area contributed by atoms with Gasteiger partial charge in [0.25, 0.3) is 11.7 Å². The Bertz CT molecular complexity index is 1490. The largest absolute Gasteiger partial charge is 0.416 e. The number of halogens is 3. The predicted molar refractivity (Wildman–Crippen MR) is 144 cm³/mol. The quantitative estimate of drug-likeness (QED) is 0.323. The number of aliphatic hydroxyl groups excluding tert-OH is 1. The molecule has 2 aromatic rings. The van der Waals surface area contributed by atoms with Crippen molar-refractivity contribution < 1.29 is 32.5 Å². The second-order valence-electron chi connectivity index (χ2n) is 9.84. The molecule has 0 bridgehead atoms. The fourth-order valence-electron chi connectivity index (χ4n) is 5.17. The molecule has 14 heteroatoms. The molecule has 5 rings (SSSR count). The molecule has 3 atom stereocenters. The lowest BCUT2D eigenvalue weighted by molar-refractivity contribution is -0.750. The lowest BCUT2D eigenvalue weighted by atomic mass is 9.90. The minimum Gasteiger partial charge on any atom is -0.394 e. The summed E-state index contributed by atoms with van der Waals surface area (Å²) < 4.78 is 38.8. The fraction of sp³-hybridized carbons (Fsp3) is 0.296. The maximum Gasteiger partial charge on any atom is 0.416 e. The van der Waals surface area contributed by atoms with E-state index in [0.717, 1.165) is 18.3 Å². The summed E-state index contributed by atoms with van der Waals surface area (Å²) in [6, 6.07) is 7.34. The SMILES string of the molecule is CNC(=O)N1C[C@H](C2=C3C=NC=C[N+]3(N)C(c3ccc(C(=O)Nc4cc(C(F)(F)F)ccn4)cc3)=N2)CC[C@H]1CO. The Morgan fingerprint density at radius 1 is 1.20 bits per heavy atom. The van der Waals surface area contributed by atoms with E-state index < -0.39 is 17.6 Å². The first-order valence-corrected chi connectivity index (χ1v) is 12.8. The molecule has 3 aliphatic heterocycles. The highest BCUT2D eigenvalue weighted by molar-refractivity contribution is 6.05. The summed E-state index contributed by atoms with van der Waals surface area (Å²) in [5.41, 5.74) is 1.21. The number of amidine groups is 1. The van der Waals surface area contributed by atoms with Gasteiger partial charge in [-0.2, -0.15) is 24.0 Å². The summed E-state index contributed by atoms with van der Waals surface area (Å²) in [6.45, 7) is 0.187. The number of nitrogens with one attached hydrogen (secondary N) is 2. The van der Waals surface area contributed by atoms with Gasteiger partial charge in [0.05, 0.1) is 36.2 Å². The van der Waals surface area contributed by atoms with Crippen LogP contribution in [0, 0.1) is 5.92 Å². The lowest BCUT2D eigenvalue weighted by Crippen LogP contribution is -2.53. The zero-order valence-corrected chi connectivity index (χ0v) is 22.0. The van der Waals surface area contributed by atoms with Crippen LogP contribution < -0.4 is 16.5 Å². The molecule has 5 N–H and O–H groups in total. The van der Waals surface area contributed by atoms with Crippen LogP contribution in [0.3, 0.4) is 0 Å². The number of pyridine rings is 1. The summed E-state index contributed by atoms with van der Waals surface area (Å²) in [5.74, 6) is 6.28. The number of fused-ring (bicyclic) bond motifs is 1. The third-order valence-electron chi connectivity index (χ3n) is 7.34. The number of aromatic nitrogens is 1. The van der Waals surface area contributed by atoms with Crippen molar-refractivity contribution >= 4 is 29.8 Å². The van der Waals surface area contributed by atoms with E-state index in [9.17, 15) is 27.9 Å². The number of aliphatic hydroxyl groups is 1. The van der Waals surface area contributed by atoms with Gasteiger partial charge in [0, 0.05) is 31.3 Å². The van der Waals surface area contributed by atoms with Crippen LogP contribution in [0.15, 0.2) is 76.4 Å². The average molecular weight is 570 g/mol. The number of quaternary nitrogens is 1. The summed E-state index contributed by atoms with van der Waals surface area (Å²) in [6.07, 6.45) is 2.55. The number of rotatable bonds is 5. The molecule has 1 fully saturated rings. The van der Waals surface area contributed by atoms with Crippen molar-refractivity contribution in [2.75, 3.05) is 25.5 Å². The van der Waals surface area contributed by atoms with Gasteiger partial charge in [-0.05, 0) is 49.2 Å². The zero-order chi connectivity index (χ0) is 29.4. The summed E-state index contributed by atoms with van der Waals surface area (Å²) in [5, 5.41) is 14.8. The van der Waals surface area contributed by atoms with E-state index in [4.69, 9.17) is 10.8 Å². The molecule has 0 spiro atoms. The second-order valence-corrected chi connectivity index (χ2v) is 9.84. The highest BCUT2D eigenvalue weighted by Crippen LogP contribution is 2.38. The third kappa shape index (κ3) is 5.36. The van der Waals surface area contributed by atoms with Crippen molar-refractivity contribution in [2.45, 2.75) is 25.1 Å². The smallest absolute Gasteiger partial charge is 0.394 e. The first-order chi connectivity index (χ1) is 19.5. The lowest BCUT2D eigenvalue weighted by Gasteiger charge is -2.38. The number of nitrogens with zero attached hydrogens (tertiary/aromatic N) is 5. The monoisotopic (exact) mass is 569 g/mol. The van der Waals surface area contributed by atoms with Gasteiger partial charge in [0.15, 0.2) is 0 Å².